The first kappa shape index (κ1) is 15.0. The molecule has 2 rings (SSSR count). The van der Waals surface area contributed by atoms with Crippen LogP contribution in [0.3, 0.4) is 0 Å². The zero-order valence-corrected chi connectivity index (χ0v) is 11.6. The van der Waals surface area contributed by atoms with Gasteiger partial charge in [-0.25, -0.2) is 8.78 Å². The van der Waals surface area contributed by atoms with Gasteiger partial charge in [0.05, 0.1) is 18.1 Å². The third kappa shape index (κ3) is 3.57. The zero-order chi connectivity index (χ0) is 15.3. The minimum absolute atomic E-state index is 0.00949. The van der Waals surface area contributed by atoms with Gasteiger partial charge >= 0.3 is 0 Å². The number of halogens is 2. The Kier molecular flexibility index (Phi) is 4.54. The Labute approximate surface area is 122 Å². The summed E-state index contributed by atoms with van der Waals surface area (Å²) in [6.07, 6.45) is 0.407. The van der Waals surface area contributed by atoms with Crippen molar-refractivity contribution in [2.24, 2.45) is 0 Å². The highest BCUT2D eigenvalue weighted by atomic mass is 19.1. The fourth-order valence-corrected chi connectivity index (χ4v) is 2.03. The number of rotatable bonds is 5. The molecule has 0 heterocycles. The van der Waals surface area contributed by atoms with Gasteiger partial charge < -0.3 is 4.74 Å². The van der Waals surface area contributed by atoms with E-state index in [-0.39, 0.29) is 12.4 Å². The maximum Gasteiger partial charge on any atom is 0.167 e. The van der Waals surface area contributed by atoms with Gasteiger partial charge in [-0.15, -0.1) is 0 Å². The van der Waals surface area contributed by atoms with Crippen LogP contribution in [-0.2, 0) is 5.41 Å². The molecule has 2 nitrogen and oxygen atoms in total. The van der Waals surface area contributed by atoms with Crippen molar-refractivity contribution >= 4 is 0 Å². The molecule has 0 saturated heterocycles. The molecule has 0 N–H and O–H groups in total. The molecule has 0 radical (unpaired) electrons. The molecule has 0 amide bonds. The molecule has 0 aliphatic rings. The van der Waals surface area contributed by atoms with Crippen LogP contribution >= 0.6 is 0 Å². The Hall–Kier alpha value is -2.41. The van der Waals surface area contributed by atoms with Gasteiger partial charge in [-0.3, -0.25) is 0 Å². The quantitative estimate of drug-likeness (QED) is 0.825. The van der Waals surface area contributed by atoms with Gasteiger partial charge in [0, 0.05) is 12.5 Å². The van der Waals surface area contributed by atoms with Gasteiger partial charge in [0.1, 0.15) is 5.82 Å². The van der Waals surface area contributed by atoms with Crippen LogP contribution < -0.4 is 4.74 Å². The van der Waals surface area contributed by atoms with Crippen molar-refractivity contribution in [2.75, 3.05) is 6.61 Å². The van der Waals surface area contributed by atoms with Crippen LogP contribution in [0.2, 0.25) is 0 Å². The van der Waals surface area contributed by atoms with E-state index in [2.05, 4.69) is 6.07 Å². The molecule has 0 saturated carbocycles. The predicted molar refractivity (Wildman–Crippen MR) is 75.9 cm³/mol. The van der Waals surface area contributed by atoms with Crippen LogP contribution in [0, 0.1) is 23.0 Å². The van der Waals surface area contributed by atoms with Crippen molar-refractivity contribution in [3.05, 3.63) is 65.7 Å². The van der Waals surface area contributed by atoms with Crippen molar-refractivity contribution in [2.45, 2.75) is 18.8 Å². The van der Waals surface area contributed by atoms with Gasteiger partial charge in [-0.2, -0.15) is 5.26 Å². The van der Waals surface area contributed by atoms with E-state index in [1.807, 2.05) is 37.3 Å². The molecule has 4 heteroatoms. The van der Waals surface area contributed by atoms with Crippen LogP contribution in [0.25, 0.3) is 0 Å². The second kappa shape index (κ2) is 6.36. The normalized spacial score (nSPS) is 13.2. The summed E-state index contributed by atoms with van der Waals surface area (Å²) in [4.78, 5) is 0. The lowest BCUT2D eigenvalue weighted by molar-refractivity contribution is 0.272. The van der Waals surface area contributed by atoms with E-state index in [9.17, 15) is 14.0 Å². The molecule has 0 aliphatic carbocycles. The lowest BCUT2D eigenvalue weighted by Gasteiger charge is -2.22. The summed E-state index contributed by atoms with van der Waals surface area (Å²) in [6, 6.07) is 14.8. The number of nitrogens with zero attached hydrogens (tertiary/aromatic N) is 1. The average molecular weight is 287 g/mol. The standard InChI is InChI=1S/C17H15F2NO/c1-17(12-20,13-5-3-2-4-6-13)9-10-21-16-8-7-14(18)11-15(16)19/h2-8,11H,9-10H2,1H3. The van der Waals surface area contributed by atoms with Crippen molar-refractivity contribution in [3.8, 4) is 11.8 Å². The van der Waals surface area contributed by atoms with Crippen LogP contribution in [0.1, 0.15) is 18.9 Å². The van der Waals surface area contributed by atoms with Crippen molar-refractivity contribution < 1.29 is 13.5 Å². The second-order valence-electron chi connectivity index (χ2n) is 4.98. The highest BCUT2D eigenvalue weighted by Crippen LogP contribution is 2.27. The Morgan fingerprint density at radius 3 is 2.48 bits per heavy atom. The first-order chi connectivity index (χ1) is 10.0. The molecular formula is C17H15F2NO. The zero-order valence-electron chi connectivity index (χ0n) is 11.6. The number of hydrogen-bond donors (Lipinski definition) is 0. The minimum atomic E-state index is -0.742. The Balaban J connectivity index is 2.03. The third-order valence-corrected chi connectivity index (χ3v) is 3.41. The molecule has 0 bridgehead atoms. The molecule has 0 aromatic heterocycles. The average Bonchev–Trinajstić information content (AvgIpc) is 2.50. The van der Waals surface area contributed by atoms with E-state index in [0.717, 1.165) is 17.7 Å². The van der Waals surface area contributed by atoms with Gasteiger partial charge in [0.25, 0.3) is 0 Å². The van der Waals surface area contributed by atoms with Crippen LogP contribution in [0.15, 0.2) is 48.5 Å². The molecule has 1 unspecified atom stereocenters. The lowest BCUT2D eigenvalue weighted by Crippen LogP contribution is -2.22. The van der Waals surface area contributed by atoms with E-state index in [1.54, 1.807) is 0 Å². The highest BCUT2D eigenvalue weighted by molar-refractivity contribution is 5.31. The minimum Gasteiger partial charge on any atom is -0.490 e. The Bertz CT molecular complexity index is 652. The predicted octanol–water partition coefficient (Wildman–Crippen LogP) is 4.22. The summed E-state index contributed by atoms with van der Waals surface area (Å²) in [5, 5.41) is 9.40. The summed E-state index contributed by atoms with van der Waals surface area (Å²) in [7, 11) is 0. The Morgan fingerprint density at radius 1 is 1.14 bits per heavy atom. The first-order valence-corrected chi connectivity index (χ1v) is 6.60. The summed E-state index contributed by atoms with van der Waals surface area (Å²) >= 11 is 0. The third-order valence-electron chi connectivity index (χ3n) is 3.41. The first-order valence-electron chi connectivity index (χ1n) is 6.60. The number of benzene rings is 2. The topological polar surface area (TPSA) is 33.0 Å². The molecular weight excluding hydrogens is 272 g/mol. The molecule has 0 spiro atoms. The van der Waals surface area contributed by atoms with Gasteiger partial charge in [0.15, 0.2) is 11.6 Å². The van der Waals surface area contributed by atoms with Crippen LogP contribution in [0.4, 0.5) is 8.78 Å². The maximum absolute atomic E-state index is 13.4. The molecule has 108 valence electrons. The molecule has 21 heavy (non-hydrogen) atoms. The largest absolute Gasteiger partial charge is 0.490 e. The molecule has 2 aromatic rings. The van der Waals surface area contributed by atoms with Crippen molar-refractivity contribution in [3.63, 3.8) is 0 Å². The lowest BCUT2D eigenvalue weighted by atomic mass is 9.81. The maximum atomic E-state index is 13.4. The van der Waals surface area contributed by atoms with Crippen molar-refractivity contribution in [1.29, 1.82) is 5.26 Å². The fourth-order valence-electron chi connectivity index (χ4n) is 2.03. The number of hydrogen-bond acceptors (Lipinski definition) is 2. The molecule has 2 aromatic carbocycles. The van der Waals surface area contributed by atoms with Gasteiger partial charge in [-0.05, 0) is 24.6 Å². The summed E-state index contributed by atoms with van der Waals surface area (Å²) in [5.74, 6) is -1.40. The monoisotopic (exact) mass is 287 g/mol. The fraction of sp³-hybridized carbons (Fsp3) is 0.235. The molecule has 1 atom stereocenters. The van der Waals surface area contributed by atoms with E-state index < -0.39 is 17.0 Å². The van der Waals surface area contributed by atoms with Gasteiger partial charge in [0.2, 0.25) is 0 Å². The van der Waals surface area contributed by atoms with Crippen LogP contribution in [0.5, 0.6) is 5.75 Å². The SMILES string of the molecule is CC(C#N)(CCOc1ccc(F)cc1F)c1ccccc1. The number of nitriles is 1. The smallest absolute Gasteiger partial charge is 0.167 e. The van der Waals surface area contributed by atoms with E-state index in [4.69, 9.17) is 4.74 Å². The van der Waals surface area contributed by atoms with Gasteiger partial charge in [-0.1, -0.05) is 30.3 Å². The molecule has 0 fully saturated rings. The summed E-state index contributed by atoms with van der Waals surface area (Å²) in [5.41, 5.74) is 0.174. The highest BCUT2D eigenvalue weighted by Gasteiger charge is 2.26. The second-order valence-corrected chi connectivity index (χ2v) is 4.98. The van der Waals surface area contributed by atoms with E-state index in [1.165, 1.54) is 6.07 Å². The Morgan fingerprint density at radius 2 is 1.86 bits per heavy atom. The van der Waals surface area contributed by atoms with E-state index >= 15 is 0 Å². The number of ether oxygens (including phenoxy) is 1. The van der Waals surface area contributed by atoms with E-state index in [0.29, 0.717) is 6.42 Å². The summed E-state index contributed by atoms with van der Waals surface area (Å²) in [6.45, 7) is 1.98. The van der Waals surface area contributed by atoms with Crippen molar-refractivity contribution in [1.82, 2.24) is 0 Å². The van der Waals surface area contributed by atoms with Crippen LogP contribution in [-0.4, -0.2) is 6.61 Å². The summed E-state index contributed by atoms with van der Waals surface area (Å²) < 4.78 is 31.6. The molecule has 0 aliphatic heterocycles.